The van der Waals surface area contributed by atoms with Crippen LogP contribution < -0.4 is 9.47 Å². The van der Waals surface area contributed by atoms with E-state index in [1.54, 1.807) is 12.1 Å². The van der Waals surface area contributed by atoms with Gasteiger partial charge in [-0.15, -0.1) is 0 Å². The minimum atomic E-state index is -2.30. The molecule has 0 radical (unpaired) electrons. The van der Waals surface area contributed by atoms with E-state index in [0.717, 1.165) is 17.5 Å². The zero-order valence-corrected chi connectivity index (χ0v) is 27.4. The summed E-state index contributed by atoms with van der Waals surface area (Å²) in [5.41, 5.74) is -5.52. The van der Waals surface area contributed by atoms with E-state index in [1.165, 1.54) is 32.9 Å². The van der Waals surface area contributed by atoms with Crippen LogP contribution in [0.15, 0.2) is 48.5 Å². The predicted octanol–water partition coefficient (Wildman–Crippen LogP) is 11.8. The summed E-state index contributed by atoms with van der Waals surface area (Å²) in [4.78, 5) is 0. The van der Waals surface area contributed by atoms with Crippen LogP contribution in [0.25, 0.3) is 11.1 Å². The van der Waals surface area contributed by atoms with Crippen molar-refractivity contribution in [1.82, 2.24) is 0 Å². The summed E-state index contributed by atoms with van der Waals surface area (Å²) in [6.45, 7) is 14.0. The van der Waals surface area contributed by atoms with Crippen molar-refractivity contribution in [2.45, 2.75) is 84.7 Å². The first-order valence-corrected chi connectivity index (χ1v) is 15.1. The van der Waals surface area contributed by atoms with E-state index in [2.05, 4.69) is 0 Å². The molecule has 0 aliphatic rings. The summed E-state index contributed by atoms with van der Waals surface area (Å²) >= 11 is 0. The molecule has 0 spiro atoms. The summed E-state index contributed by atoms with van der Waals surface area (Å²) in [6, 6.07) is 13.3. The number of hydrogen-bond acceptors (Lipinski definition) is 2. The first kappa shape index (κ1) is 35.8. The molecule has 10 heteroatoms. The van der Waals surface area contributed by atoms with Gasteiger partial charge in [-0.3, -0.25) is 0 Å². The fourth-order valence-electron chi connectivity index (χ4n) is 5.10. The maximum Gasteiger partial charge on any atom is 0.205 e. The lowest BCUT2D eigenvalue weighted by atomic mass is 9.78. The standard InChI is InChI=1S/C37H36F8O2/c1-9-35(3,4)25-30(42)26(38)23(27(39)31(25)43)24-28(40)32(44)34(33(45)29(24)41)46-21-15-11-19(12-16-21)37(7,8)20-13-17-22(18-14-20)47-36(5,6)10-2/h11-18H,9-10H2,1-8H3. The SMILES string of the molecule is CCC(C)(C)Oc1ccc(C(C)(C)c2ccc(Oc3c(F)c(F)c(-c4c(F)c(F)c(C(C)(C)CC)c(F)c4F)c(F)c3F)cc2)cc1. The Morgan fingerprint density at radius 2 is 0.872 bits per heavy atom. The van der Waals surface area contributed by atoms with Gasteiger partial charge >= 0.3 is 0 Å². The van der Waals surface area contributed by atoms with Gasteiger partial charge in [0.25, 0.3) is 0 Å². The van der Waals surface area contributed by atoms with Crippen LogP contribution in [0.2, 0.25) is 0 Å². The lowest BCUT2D eigenvalue weighted by Gasteiger charge is -2.28. The van der Waals surface area contributed by atoms with E-state index in [0.29, 0.717) is 5.75 Å². The van der Waals surface area contributed by atoms with Gasteiger partial charge in [0, 0.05) is 11.0 Å². The normalized spacial score (nSPS) is 12.4. The van der Waals surface area contributed by atoms with E-state index < -0.39 is 79.8 Å². The van der Waals surface area contributed by atoms with E-state index >= 15 is 26.3 Å². The molecule has 0 amide bonds. The van der Waals surface area contributed by atoms with Crippen molar-refractivity contribution in [3.05, 3.63) is 112 Å². The highest BCUT2D eigenvalue weighted by molar-refractivity contribution is 5.69. The molecule has 0 N–H and O–H groups in total. The van der Waals surface area contributed by atoms with Crippen LogP contribution in [0.3, 0.4) is 0 Å². The predicted molar refractivity (Wildman–Crippen MR) is 165 cm³/mol. The van der Waals surface area contributed by atoms with E-state index in [-0.39, 0.29) is 17.8 Å². The highest BCUT2D eigenvalue weighted by atomic mass is 19.2. The molecule has 4 rings (SSSR count). The van der Waals surface area contributed by atoms with E-state index in [4.69, 9.17) is 9.47 Å². The van der Waals surface area contributed by atoms with Crippen molar-refractivity contribution in [3.8, 4) is 28.4 Å². The second-order valence-corrected chi connectivity index (χ2v) is 13.2. The second-order valence-electron chi connectivity index (χ2n) is 13.2. The largest absolute Gasteiger partial charge is 0.488 e. The van der Waals surface area contributed by atoms with Gasteiger partial charge in [-0.2, -0.15) is 8.78 Å². The summed E-state index contributed by atoms with van der Waals surface area (Å²) < 4.78 is 132. The van der Waals surface area contributed by atoms with E-state index in [1.807, 2.05) is 58.9 Å². The molecule has 0 aliphatic heterocycles. The van der Waals surface area contributed by atoms with Crippen LogP contribution in [0.5, 0.6) is 17.2 Å². The number of ether oxygens (including phenoxy) is 2. The molecular formula is C37H36F8O2. The quantitative estimate of drug-likeness (QED) is 0.124. The molecule has 0 heterocycles. The molecule has 0 fully saturated rings. The molecule has 0 saturated carbocycles. The second kappa shape index (κ2) is 12.8. The smallest absolute Gasteiger partial charge is 0.205 e. The Balaban J connectivity index is 1.68. The summed E-state index contributed by atoms with van der Waals surface area (Å²) in [6.07, 6.45) is 0.851. The summed E-state index contributed by atoms with van der Waals surface area (Å²) in [5, 5.41) is 0. The number of hydrogen-bond donors (Lipinski definition) is 0. The molecule has 0 bridgehead atoms. The zero-order valence-electron chi connectivity index (χ0n) is 27.4. The third-order valence-corrected chi connectivity index (χ3v) is 8.91. The van der Waals surface area contributed by atoms with E-state index in [9.17, 15) is 8.78 Å². The van der Waals surface area contributed by atoms with Gasteiger partial charge in [0.05, 0.1) is 11.1 Å². The topological polar surface area (TPSA) is 18.5 Å². The van der Waals surface area contributed by atoms with Crippen molar-refractivity contribution < 1.29 is 44.6 Å². The van der Waals surface area contributed by atoms with Crippen LogP contribution in [-0.4, -0.2) is 5.60 Å². The lowest BCUT2D eigenvalue weighted by molar-refractivity contribution is 0.105. The highest BCUT2D eigenvalue weighted by Gasteiger charge is 2.38. The van der Waals surface area contributed by atoms with Gasteiger partial charge in [-0.1, -0.05) is 65.8 Å². The van der Waals surface area contributed by atoms with Crippen molar-refractivity contribution >= 4 is 0 Å². The number of rotatable bonds is 10. The van der Waals surface area contributed by atoms with Gasteiger partial charge in [0.1, 0.15) is 17.1 Å². The Morgan fingerprint density at radius 1 is 0.489 bits per heavy atom. The molecule has 4 aromatic rings. The maximum atomic E-state index is 15.2. The summed E-state index contributed by atoms with van der Waals surface area (Å²) in [7, 11) is 0. The molecule has 0 unspecified atom stereocenters. The van der Waals surface area contributed by atoms with Crippen LogP contribution in [0.1, 0.15) is 84.9 Å². The van der Waals surface area contributed by atoms with Crippen LogP contribution in [0.4, 0.5) is 35.1 Å². The minimum absolute atomic E-state index is 0.0375. The molecule has 252 valence electrons. The van der Waals surface area contributed by atoms with Crippen molar-refractivity contribution in [2.24, 2.45) is 0 Å². The van der Waals surface area contributed by atoms with Gasteiger partial charge in [-0.25, -0.2) is 26.3 Å². The van der Waals surface area contributed by atoms with Crippen molar-refractivity contribution in [3.63, 3.8) is 0 Å². The van der Waals surface area contributed by atoms with Gasteiger partial charge < -0.3 is 9.47 Å². The van der Waals surface area contributed by atoms with Gasteiger partial charge in [0.15, 0.2) is 34.9 Å². The van der Waals surface area contributed by atoms with Crippen LogP contribution in [-0.2, 0) is 10.8 Å². The van der Waals surface area contributed by atoms with Gasteiger partial charge in [0.2, 0.25) is 17.4 Å². The average Bonchev–Trinajstić information content (AvgIpc) is 3.03. The molecule has 2 nitrogen and oxygen atoms in total. The van der Waals surface area contributed by atoms with Crippen LogP contribution >= 0.6 is 0 Å². The summed E-state index contributed by atoms with van der Waals surface area (Å²) in [5.74, 6) is -18.2. The lowest BCUT2D eigenvalue weighted by Crippen LogP contribution is -2.26. The third-order valence-electron chi connectivity index (χ3n) is 8.91. The molecule has 0 saturated heterocycles. The average molecular weight is 665 g/mol. The first-order chi connectivity index (χ1) is 21.8. The fraction of sp³-hybridized carbons (Fsp3) is 0.351. The first-order valence-electron chi connectivity index (χ1n) is 15.1. The fourth-order valence-corrected chi connectivity index (χ4v) is 5.10. The zero-order chi connectivity index (χ0) is 35.2. The maximum absolute atomic E-state index is 15.2. The molecular weight excluding hydrogens is 628 g/mol. The monoisotopic (exact) mass is 664 g/mol. The van der Waals surface area contributed by atoms with Gasteiger partial charge in [-0.05, 0) is 67.5 Å². The van der Waals surface area contributed by atoms with Crippen molar-refractivity contribution in [1.29, 1.82) is 0 Å². The Bertz CT molecular complexity index is 1740. The molecule has 0 atom stereocenters. The number of benzene rings is 4. The Kier molecular flexibility index (Phi) is 9.78. The molecule has 4 aromatic carbocycles. The molecule has 0 aliphatic carbocycles. The Hall–Kier alpha value is -4.08. The Labute approximate surface area is 269 Å². The number of halogens is 8. The minimum Gasteiger partial charge on any atom is -0.488 e. The Morgan fingerprint density at radius 3 is 1.26 bits per heavy atom. The third kappa shape index (κ3) is 6.56. The molecule has 47 heavy (non-hydrogen) atoms. The van der Waals surface area contributed by atoms with Crippen LogP contribution in [0, 0.1) is 46.5 Å². The molecule has 0 aromatic heterocycles. The highest BCUT2D eigenvalue weighted by Crippen LogP contribution is 2.44. The van der Waals surface area contributed by atoms with Crippen molar-refractivity contribution in [2.75, 3.05) is 0 Å².